The first-order valence-electron chi connectivity index (χ1n) is 6.76. The van der Waals surface area contributed by atoms with Gasteiger partial charge in [-0.2, -0.15) is 0 Å². The largest absolute Gasteiger partial charge is 0.503 e. The summed E-state index contributed by atoms with van der Waals surface area (Å²) >= 11 is 0. The molecule has 0 aliphatic heterocycles. The fraction of sp³-hybridized carbons (Fsp3) is 0.250. The number of esters is 1. The van der Waals surface area contributed by atoms with Gasteiger partial charge in [0.1, 0.15) is 12.4 Å². The van der Waals surface area contributed by atoms with E-state index in [9.17, 15) is 19.1 Å². The molecule has 0 atom stereocenters. The van der Waals surface area contributed by atoms with Crippen molar-refractivity contribution in [3.63, 3.8) is 0 Å². The summed E-state index contributed by atoms with van der Waals surface area (Å²) in [5.74, 6) is -1.10. The van der Waals surface area contributed by atoms with Crippen LogP contribution in [0.3, 0.4) is 0 Å². The third kappa shape index (κ3) is 3.94. The molecular weight excluding hydrogens is 289 g/mol. The number of carbonyl (C=O) groups is 1. The van der Waals surface area contributed by atoms with Gasteiger partial charge in [-0.15, -0.1) is 0 Å². The van der Waals surface area contributed by atoms with Crippen LogP contribution in [0.15, 0.2) is 41.3 Å². The topological polar surface area (TPSA) is 68.5 Å². The van der Waals surface area contributed by atoms with Crippen molar-refractivity contribution in [3.8, 4) is 5.75 Å². The van der Waals surface area contributed by atoms with Crippen LogP contribution >= 0.6 is 0 Å². The van der Waals surface area contributed by atoms with Crippen molar-refractivity contribution < 1.29 is 19.0 Å². The molecule has 0 amide bonds. The molecule has 0 aliphatic carbocycles. The second-order valence-corrected chi connectivity index (χ2v) is 4.81. The first-order chi connectivity index (χ1) is 10.5. The number of halogens is 1. The lowest BCUT2D eigenvalue weighted by Crippen LogP contribution is -2.16. The summed E-state index contributed by atoms with van der Waals surface area (Å²) in [6.45, 7) is 1.75. The standard InChI is InChI=1S/C16H16FNO4/c1-11(19)22-9-8-18-7-6-15(20)16(21)14(18)10-12-2-4-13(17)5-3-12/h2-7,21H,8-10H2,1H3. The quantitative estimate of drug-likeness (QED) is 0.856. The number of nitrogens with zero attached hydrogens (tertiary/aromatic N) is 1. The molecule has 0 spiro atoms. The SMILES string of the molecule is CC(=O)OCCn1ccc(=O)c(O)c1Cc1ccc(F)cc1. The molecule has 0 bridgehead atoms. The molecule has 116 valence electrons. The van der Waals surface area contributed by atoms with Gasteiger partial charge in [-0.05, 0) is 17.7 Å². The lowest BCUT2D eigenvalue weighted by molar-refractivity contribution is -0.141. The van der Waals surface area contributed by atoms with E-state index in [2.05, 4.69) is 0 Å². The number of aromatic nitrogens is 1. The van der Waals surface area contributed by atoms with Crippen molar-refractivity contribution in [2.45, 2.75) is 19.9 Å². The van der Waals surface area contributed by atoms with Gasteiger partial charge in [0.05, 0.1) is 12.2 Å². The molecule has 2 aromatic rings. The fourth-order valence-electron chi connectivity index (χ4n) is 2.08. The summed E-state index contributed by atoms with van der Waals surface area (Å²) in [6, 6.07) is 7.05. The zero-order valence-corrected chi connectivity index (χ0v) is 12.1. The Morgan fingerprint density at radius 1 is 1.27 bits per heavy atom. The van der Waals surface area contributed by atoms with E-state index in [1.807, 2.05) is 0 Å². The zero-order valence-electron chi connectivity index (χ0n) is 12.1. The van der Waals surface area contributed by atoms with Gasteiger partial charge >= 0.3 is 5.97 Å². The normalized spacial score (nSPS) is 10.5. The Morgan fingerprint density at radius 2 is 1.95 bits per heavy atom. The summed E-state index contributed by atoms with van der Waals surface area (Å²) in [4.78, 5) is 22.4. The van der Waals surface area contributed by atoms with E-state index in [4.69, 9.17) is 4.74 Å². The molecular formula is C16H16FNO4. The molecule has 5 nitrogen and oxygen atoms in total. The summed E-state index contributed by atoms with van der Waals surface area (Å²) in [7, 11) is 0. The Bertz CT molecular complexity index is 722. The number of carbonyl (C=O) groups excluding carboxylic acids is 1. The van der Waals surface area contributed by atoms with Gasteiger partial charge in [-0.3, -0.25) is 9.59 Å². The fourth-order valence-corrected chi connectivity index (χ4v) is 2.08. The monoisotopic (exact) mass is 305 g/mol. The van der Waals surface area contributed by atoms with Gasteiger partial charge in [0, 0.05) is 25.6 Å². The Morgan fingerprint density at radius 3 is 2.59 bits per heavy atom. The molecule has 0 aliphatic rings. The molecule has 0 radical (unpaired) electrons. The number of hydrogen-bond acceptors (Lipinski definition) is 4. The van der Waals surface area contributed by atoms with Crippen LogP contribution in [0.5, 0.6) is 5.75 Å². The summed E-state index contributed by atoms with van der Waals surface area (Å²) in [5, 5.41) is 9.99. The maximum Gasteiger partial charge on any atom is 0.302 e. The summed E-state index contributed by atoms with van der Waals surface area (Å²) in [5.41, 5.74) is 0.663. The van der Waals surface area contributed by atoms with Crippen molar-refractivity contribution in [3.05, 3.63) is 63.8 Å². The van der Waals surface area contributed by atoms with E-state index in [1.165, 1.54) is 31.3 Å². The van der Waals surface area contributed by atoms with Gasteiger partial charge in [0.2, 0.25) is 5.43 Å². The van der Waals surface area contributed by atoms with Crippen molar-refractivity contribution >= 4 is 5.97 Å². The average molecular weight is 305 g/mol. The molecule has 0 saturated carbocycles. The van der Waals surface area contributed by atoms with E-state index < -0.39 is 11.4 Å². The third-order valence-corrected chi connectivity index (χ3v) is 3.18. The number of aromatic hydroxyl groups is 1. The van der Waals surface area contributed by atoms with Crippen LogP contribution in [-0.4, -0.2) is 22.2 Å². The van der Waals surface area contributed by atoms with Crippen molar-refractivity contribution in [2.75, 3.05) is 6.61 Å². The second-order valence-electron chi connectivity index (χ2n) is 4.81. The predicted octanol–water partition coefficient (Wildman–Crippen LogP) is 1.85. The molecule has 6 heteroatoms. The smallest absolute Gasteiger partial charge is 0.302 e. The first-order valence-corrected chi connectivity index (χ1v) is 6.76. The maximum absolute atomic E-state index is 12.9. The minimum Gasteiger partial charge on any atom is -0.503 e. The van der Waals surface area contributed by atoms with E-state index in [0.29, 0.717) is 12.2 Å². The van der Waals surface area contributed by atoms with Crippen molar-refractivity contribution in [1.29, 1.82) is 0 Å². The number of hydrogen-bond donors (Lipinski definition) is 1. The second kappa shape index (κ2) is 6.89. The van der Waals surface area contributed by atoms with Crippen LogP contribution in [0, 0.1) is 5.82 Å². The van der Waals surface area contributed by atoms with Gasteiger partial charge in [-0.1, -0.05) is 12.1 Å². The van der Waals surface area contributed by atoms with Crippen LogP contribution in [0.1, 0.15) is 18.2 Å². The van der Waals surface area contributed by atoms with Crippen LogP contribution in [0.25, 0.3) is 0 Å². The Kier molecular flexibility index (Phi) is 4.93. The van der Waals surface area contributed by atoms with Crippen LogP contribution < -0.4 is 5.43 Å². The lowest BCUT2D eigenvalue weighted by Gasteiger charge is -2.14. The Hall–Kier alpha value is -2.63. The third-order valence-electron chi connectivity index (χ3n) is 3.18. The number of benzene rings is 1. The highest BCUT2D eigenvalue weighted by Gasteiger charge is 2.11. The molecule has 2 rings (SSSR count). The van der Waals surface area contributed by atoms with Gasteiger partial charge in [0.25, 0.3) is 0 Å². The maximum atomic E-state index is 12.9. The highest BCUT2D eigenvalue weighted by atomic mass is 19.1. The molecule has 1 N–H and O–H groups in total. The van der Waals surface area contributed by atoms with Crippen LogP contribution in [0.4, 0.5) is 4.39 Å². The lowest BCUT2D eigenvalue weighted by atomic mass is 10.1. The molecule has 1 aromatic heterocycles. The van der Waals surface area contributed by atoms with Crippen LogP contribution in [-0.2, 0) is 22.5 Å². The molecule has 22 heavy (non-hydrogen) atoms. The van der Waals surface area contributed by atoms with E-state index >= 15 is 0 Å². The summed E-state index contributed by atoms with van der Waals surface area (Å²) < 4.78 is 19.4. The average Bonchev–Trinajstić information content (AvgIpc) is 2.48. The minimum atomic E-state index is -0.485. The van der Waals surface area contributed by atoms with Gasteiger partial charge < -0.3 is 14.4 Å². The van der Waals surface area contributed by atoms with Crippen LogP contribution in [0.2, 0.25) is 0 Å². The minimum absolute atomic E-state index is 0.133. The summed E-state index contributed by atoms with van der Waals surface area (Å²) in [6.07, 6.45) is 1.80. The number of ether oxygens (including phenoxy) is 1. The highest BCUT2D eigenvalue weighted by Crippen LogP contribution is 2.17. The molecule has 0 unspecified atom stereocenters. The first kappa shape index (κ1) is 15.8. The van der Waals surface area contributed by atoms with E-state index in [-0.39, 0.29) is 24.6 Å². The van der Waals surface area contributed by atoms with Gasteiger partial charge in [-0.25, -0.2) is 4.39 Å². The van der Waals surface area contributed by atoms with Crippen molar-refractivity contribution in [1.82, 2.24) is 4.57 Å². The number of rotatable bonds is 5. The Balaban J connectivity index is 2.26. The number of pyridine rings is 1. The molecule has 0 fully saturated rings. The molecule has 1 aromatic carbocycles. The van der Waals surface area contributed by atoms with Gasteiger partial charge in [0.15, 0.2) is 5.75 Å². The van der Waals surface area contributed by atoms with E-state index in [1.54, 1.807) is 16.7 Å². The predicted molar refractivity (Wildman–Crippen MR) is 78.2 cm³/mol. The molecule has 1 heterocycles. The highest BCUT2D eigenvalue weighted by molar-refractivity contribution is 5.65. The van der Waals surface area contributed by atoms with E-state index in [0.717, 1.165) is 5.56 Å². The zero-order chi connectivity index (χ0) is 16.1. The molecule has 0 saturated heterocycles. The van der Waals surface area contributed by atoms with Crippen molar-refractivity contribution in [2.24, 2.45) is 0 Å². The Labute approximate surface area is 126 Å².